The summed E-state index contributed by atoms with van der Waals surface area (Å²) >= 11 is 0. The van der Waals surface area contributed by atoms with Gasteiger partial charge in [0.05, 0.1) is 0 Å². The highest BCUT2D eigenvalue weighted by Gasteiger charge is 2.25. The van der Waals surface area contributed by atoms with E-state index in [0.29, 0.717) is 0 Å². The molecule has 2 heteroatoms. The Balaban J connectivity index is 2.05. The number of rotatable bonds is 5. The lowest BCUT2D eigenvalue weighted by Gasteiger charge is -2.22. The molecule has 1 fully saturated rings. The summed E-state index contributed by atoms with van der Waals surface area (Å²) in [5, 5.41) is 3.39. The highest BCUT2D eigenvalue weighted by Crippen LogP contribution is 2.30. The summed E-state index contributed by atoms with van der Waals surface area (Å²) in [4.78, 5) is 2.57. The molecule has 19 heavy (non-hydrogen) atoms. The topological polar surface area (TPSA) is 15.3 Å². The Kier molecular flexibility index (Phi) is 4.87. The first-order valence-corrected chi connectivity index (χ1v) is 7.67. The fraction of sp³-hybridized carbons (Fsp3) is 0.647. The fourth-order valence-corrected chi connectivity index (χ4v) is 3.00. The van der Waals surface area contributed by atoms with Crippen molar-refractivity contribution >= 4 is 5.69 Å². The summed E-state index contributed by atoms with van der Waals surface area (Å²) < 4.78 is 0. The Hall–Kier alpha value is -1.02. The zero-order valence-corrected chi connectivity index (χ0v) is 12.9. The van der Waals surface area contributed by atoms with Gasteiger partial charge < -0.3 is 10.2 Å². The summed E-state index contributed by atoms with van der Waals surface area (Å²) in [6.07, 6.45) is 1.34. The van der Waals surface area contributed by atoms with E-state index < -0.39 is 0 Å². The number of hydrogen-bond donors (Lipinski definition) is 1. The van der Waals surface area contributed by atoms with Gasteiger partial charge in [-0.25, -0.2) is 0 Å². The molecule has 1 saturated heterocycles. The predicted molar refractivity (Wildman–Crippen MR) is 83.7 cm³/mol. The SMILES string of the molecule is CCNCc1ccc(N2CCC(C(C)C)C2)c(C)c1. The average Bonchev–Trinajstić information content (AvgIpc) is 2.86. The van der Waals surface area contributed by atoms with Crippen LogP contribution in [0.4, 0.5) is 5.69 Å². The van der Waals surface area contributed by atoms with Gasteiger partial charge in [0.25, 0.3) is 0 Å². The summed E-state index contributed by atoms with van der Waals surface area (Å²) in [6, 6.07) is 6.92. The quantitative estimate of drug-likeness (QED) is 0.870. The fourth-order valence-electron chi connectivity index (χ4n) is 3.00. The lowest BCUT2D eigenvalue weighted by molar-refractivity contribution is 0.422. The molecule has 1 unspecified atom stereocenters. The van der Waals surface area contributed by atoms with E-state index in [-0.39, 0.29) is 0 Å². The van der Waals surface area contributed by atoms with Gasteiger partial charge in [-0.15, -0.1) is 0 Å². The second kappa shape index (κ2) is 6.42. The smallest absolute Gasteiger partial charge is 0.0396 e. The lowest BCUT2D eigenvalue weighted by atomic mass is 9.95. The van der Waals surface area contributed by atoms with Crippen molar-refractivity contribution in [1.29, 1.82) is 0 Å². The van der Waals surface area contributed by atoms with Gasteiger partial charge in [-0.05, 0) is 48.9 Å². The zero-order chi connectivity index (χ0) is 13.8. The van der Waals surface area contributed by atoms with Crippen LogP contribution in [-0.4, -0.2) is 19.6 Å². The van der Waals surface area contributed by atoms with Crippen LogP contribution in [0.3, 0.4) is 0 Å². The van der Waals surface area contributed by atoms with Crippen LogP contribution in [0.5, 0.6) is 0 Å². The Labute approximate surface area is 118 Å². The van der Waals surface area contributed by atoms with E-state index in [2.05, 4.69) is 56.1 Å². The van der Waals surface area contributed by atoms with Crippen LogP contribution < -0.4 is 10.2 Å². The van der Waals surface area contributed by atoms with Gasteiger partial charge in [-0.1, -0.05) is 32.9 Å². The minimum atomic E-state index is 0.804. The van der Waals surface area contributed by atoms with Crippen molar-refractivity contribution in [1.82, 2.24) is 5.32 Å². The van der Waals surface area contributed by atoms with Crippen molar-refractivity contribution in [3.05, 3.63) is 29.3 Å². The summed E-state index contributed by atoms with van der Waals surface area (Å²) in [6.45, 7) is 13.5. The first-order valence-electron chi connectivity index (χ1n) is 7.67. The van der Waals surface area contributed by atoms with Crippen molar-refractivity contribution in [2.75, 3.05) is 24.5 Å². The third kappa shape index (κ3) is 3.50. The van der Waals surface area contributed by atoms with Gasteiger partial charge in [-0.2, -0.15) is 0 Å². The molecule has 1 aromatic rings. The molecule has 0 bridgehead atoms. The molecule has 0 saturated carbocycles. The summed E-state index contributed by atoms with van der Waals surface area (Å²) in [7, 11) is 0. The van der Waals surface area contributed by atoms with Crippen LogP contribution in [0.15, 0.2) is 18.2 Å². The Bertz CT molecular complexity index is 412. The molecular formula is C17H28N2. The maximum absolute atomic E-state index is 3.39. The number of anilines is 1. The molecular weight excluding hydrogens is 232 g/mol. The summed E-state index contributed by atoms with van der Waals surface area (Å²) in [5.74, 6) is 1.67. The number of hydrogen-bond acceptors (Lipinski definition) is 2. The van der Waals surface area contributed by atoms with Crippen molar-refractivity contribution in [3.8, 4) is 0 Å². The third-order valence-corrected chi connectivity index (χ3v) is 4.35. The second-order valence-electron chi connectivity index (χ2n) is 6.14. The maximum Gasteiger partial charge on any atom is 0.0396 e. The molecule has 0 amide bonds. The van der Waals surface area contributed by atoms with E-state index in [1.54, 1.807) is 0 Å². The average molecular weight is 260 g/mol. The molecule has 2 nitrogen and oxygen atoms in total. The van der Waals surface area contributed by atoms with Gasteiger partial charge in [0, 0.05) is 25.3 Å². The summed E-state index contributed by atoms with van der Waals surface area (Å²) in [5.41, 5.74) is 4.24. The second-order valence-corrected chi connectivity index (χ2v) is 6.14. The van der Waals surface area contributed by atoms with E-state index in [1.165, 1.54) is 36.3 Å². The molecule has 2 rings (SSSR count). The predicted octanol–water partition coefficient (Wildman–Crippen LogP) is 3.59. The van der Waals surface area contributed by atoms with Crippen LogP contribution in [0.2, 0.25) is 0 Å². The molecule has 0 spiro atoms. The Morgan fingerprint density at radius 3 is 2.74 bits per heavy atom. The van der Waals surface area contributed by atoms with Gasteiger partial charge in [-0.3, -0.25) is 0 Å². The Morgan fingerprint density at radius 1 is 1.37 bits per heavy atom. The van der Waals surface area contributed by atoms with E-state index in [1.807, 2.05) is 0 Å². The lowest BCUT2D eigenvalue weighted by Crippen LogP contribution is -2.22. The Morgan fingerprint density at radius 2 is 2.16 bits per heavy atom. The molecule has 0 aromatic heterocycles. The molecule has 1 N–H and O–H groups in total. The van der Waals surface area contributed by atoms with Crippen molar-refractivity contribution < 1.29 is 0 Å². The van der Waals surface area contributed by atoms with Gasteiger partial charge >= 0.3 is 0 Å². The first kappa shape index (κ1) is 14.4. The number of nitrogens with zero attached hydrogens (tertiary/aromatic N) is 1. The van der Waals surface area contributed by atoms with Crippen LogP contribution in [-0.2, 0) is 6.54 Å². The maximum atomic E-state index is 3.39. The molecule has 1 aromatic carbocycles. The molecule has 1 heterocycles. The highest BCUT2D eigenvalue weighted by atomic mass is 15.2. The molecule has 106 valence electrons. The third-order valence-electron chi connectivity index (χ3n) is 4.35. The molecule has 0 aliphatic carbocycles. The van der Waals surface area contributed by atoms with Crippen LogP contribution in [0, 0.1) is 18.8 Å². The minimum absolute atomic E-state index is 0.804. The number of nitrogens with one attached hydrogen (secondary N) is 1. The van der Waals surface area contributed by atoms with Gasteiger partial charge in [0.15, 0.2) is 0 Å². The number of aryl methyl sites for hydroxylation is 1. The molecule has 0 radical (unpaired) electrons. The molecule has 1 aliphatic rings. The van der Waals surface area contributed by atoms with Crippen molar-refractivity contribution in [2.45, 2.75) is 40.7 Å². The van der Waals surface area contributed by atoms with Gasteiger partial charge in [0.1, 0.15) is 0 Å². The van der Waals surface area contributed by atoms with Crippen LogP contribution in [0.25, 0.3) is 0 Å². The normalized spacial score (nSPS) is 19.4. The van der Waals surface area contributed by atoms with E-state index >= 15 is 0 Å². The first-order chi connectivity index (χ1) is 9.11. The monoisotopic (exact) mass is 260 g/mol. The van der Waals surface area contributed by atoms with Crippen molar-refractivity contribution in [3.63, 3.8) is 0 Å². The van der Waals surface area contributed by atoms with Crippen LogP contribution >= 0.6 is 0 Å². The van der Waals surface area contributed by atoms with E-state index in [4.69, 9.17) is 0 Å². The van der Waals surface area contributed by atoms with Crippen LogP contribution in [0.1, 0.15) is 38.3 Å². The van der Waals surface area contributed by atoms with Gasteiger partial charge in [0.2, 0.25) is 0 Å². The number of benzene rings is 1. The van der Waals surface area contributed by atoms with E-state index in [9.17, 15) is 0 Å². The minimum Gasteiger partial charge on any atom is -0.371 e. The largest absolute Gasteiger partial charge is 0.371 e. The molecule has 1 aliphatic heterocycles. The zero-order valence-electron chi connectivity index (χ0n) is 12.9. The standard InChI is InChI=1S/C17H28N2/c1-5-18-11-15-6-7-17(14(4)10-15)19-9-8-16(12-19)13(2)3/h6-7,10,13,16,18H,5,8-9,11-12H2,1-4H3. The molecule has 1 atom stereocenters. The van der Waals surface area contributed by atoms with Crippen molar-refractivity contribution in [2.24, 2.45) is 11.8 Å². The highest BCUT2D eigenvalue weighted by molar-refractivity contribution is 5.55. The van der Waals surface area contributed by atoms with E-state index in [0.717, 1.165) is 24.9 Å².